The predicted octanol–water partition coefficient (Wildman–Crippen LogP) is 3.36. The van der Waals surface area contributed by atoms with Gasteiger partial charge in [-0.15, -0.1) is 5.06 Å². The molecule has 3 heterocycles. The number of imide groups is 1. The van der Waals surface area contributed by atoms with Crippen LogP contribution in [0.1, 0.15) is 69.9 Å². The predicted molar refractivity (Wildman–Crippen MR) is 269 cm³/mol. The van der Waals surface area contributed by atoms with Crippen LogP contribution in [0.15, 0.2) is 82.3 Å². The van der Waals surface area contributed by atoms with Crippen LogP contribution in [-0.2, 0) is 94.2 Å². The Kier molecular flexibility index (Phi) is 21.6. The van der Waals surface area contributed by atoms with Crippen LogP contribution in [0.25, 0.3) is 0 Å². The maximum absolute atomic E-state index is 12.4. The van der Waals surface area contributed by atoms with Crippen LogP contribution in [0.2, 0.25) is 0 Å². The van der Waals surface area contributed by atoms with E-state index in [9.17, 15) is 66.3 Å². The Hall–Kier alpha value is -4.82. The van der Waals surface area contributed by atoms with Gasteiger partial charge in [0.15, 0.2) is 12.3 Å². The number of nitrogens with zero attached hydrogens (tertiary/aromatic N) is 3. The Labute approximate surface area is 436 Å². The summed E-state index contributed by atoms with van der Waals surface area (Å²) in [7, 11) is -16.6. The minimum absolute atomic E-state index is 0.0230. The van der Waals surface area contributed by atoms with Crippen LogP contribution in [0.3, 0.4) is 0 Å². The number of anilines is 1. The molecule has 0 aromatic heterocycles. The second-order valence-electron chi connectivity index (χ2n) is 18.0. The normalized spacial score (nSPS) is 19.9. The lowest BCUT2D eigenvalue weighted by Crippen LogP contribution is -2.32. The molecule has 2 atom stereocenters. The van der Waals surface area contributed by atoms with Crippen LogP contribution in [0, 0.1) is 0 Å². The van der Waals surface area contributed by atoms with Crippen molar-refractivity contribution in [1.82, 2.24) is 5.06 Å². The molecule has 0 bridgehead atoms. The molecule has 2 aromatic rings. The van der Waals surface area contributed by atoms with Crippen LogP contribution < -0.4 is 4.90 Å². The topological polar surface area (TPSA) is 334 Å². The SMILES string of the molecule is COCCOCC[N+]1=C(/C=C/C=C/C=C2/N(CCOCCOCCOCCC(=O)ON3C(=O)CCC3=O)c3ccc(S(=O)(=O)O)cc3C2(C)CCCS(=O)(=O)O)C(C)(CCCS(=O)(=O)O)c2cc(S(=O)(=O)O)ccc21. The number of benzene rings is 2. The number of hydrogen-bond acceptors (Lipinski definition) is 18. The Balaban J connectivity index is 1.38. The van der Waals surface area contributed by atoms with Gasteiger partial charge in [-0.05, 0) is 81.5 Å². The van der Waals surface area contributed by atoms with E-state index in [1.165, 1.54) is 43.5 Å². The van der Waals surface area contributed by atoms with Crippen LogP contribution in [-0.4, -0.2) is 176 Å². The van der Waals surface area contributed by atoms with E-state index in [1.807, 2.05) is 9.48 Å². The van der Waals surface area contributed by atoms with Gasteiger partial charge in [0.25, 0.3) is 52.3 Å². The van der Waals surface area contributed by atoms with E-state index in [1.54, 1.807) is 44.2 Å². The number of carbonyl (C=O) groups is 3. The molecule has 0 aliphatic carbocycles. The van der Waals surface area contributed by atoms with Crippen molar-refractivity contribution in [2.24, 2.45) is 0 Å². The van der Waals surface area contributed by atoms with E-state index in [0.717, 1.165) is 0 Å². The number of rotatable bonds is 32. The van der Waals surface area contributed by atoms with Gasteiger partial charge in [-0.1, -0.05) is 18.2 Å². The molecule has 3 aliphatic heterocycles. The largest absolute Gasteiger partial charge is 0.382 e. The van der Waals surface area contributed by atoms with Crippen molar-refractivity contribution < 1.29 is 99.4 Å². The highest BCUT2D eigenvalue weighted by atomic mass is 32.2. The van der Waals surface area contributed by atoms with E-state index in [2.05, 4.69) is 0 Å². The molecule has 3 aliphatic rings. The smallest absolute Gasteiger partial charge is 0.335 e. The van der Waals surface area contributed by atoms with Crippen LogP contribution >= 0.6 is 0 Å². The van der Waals surface area contributed by atoms with E-state index in [-0.39, 0.29) is 116 Å². The summed E-state index contributed by atoms with van der Waals surface area (Å²) in [5.41, 5.74) is 0.962. The fraction of sp³-hybridized carbons (Fsp3) is 0.532. The van der Waals surface area contributed by atoms with Crippen molar-refractivity contribution in [3.8, 4) is 0 Å². The van der Waals surface area contributed by atoms with Gasteiger partial charge in [0.05, 0.1) is 86.0 Å². The number of hydroxylamine groups is 2. The van der Waals surface area contributed by atoms with E-state index in [0.29, 0.717) is 45.6 Å². The van der Waals surface area contributed by atoms with Crippen LogP contribution in [0.5, 0.6) is 0 Å². The van der Waals surface area contributed by atoms with Gasteiger partial charge in [0.1, 0.15) is 6.61 Å². The molecule has 75 heavy (non-hydrogen) atoms. The third-order valence-corrected chi connectivity index (χ3v) is 16.0. The summed E-state index contributed by atoms with van der Waals surface area (Å²) in [5.74, 6) is -3.16. The fourth-order valence-corrected chi connectivity index (χ4v) is 11.1. The Morgan fingerprint density at radius 2 is 1.20 bits per heavy atom. The van der Waals surface area contributed by atoms with E-state index in [4.69, 9.17) is 28.5 Å². The van der Waals surface area contributed by atoms with Gasteiger partial charge < -0.3 is 33.4 Å². The Bertz CT molecular complexity index is 2980. The number of fused-ring (bicyclic) bond motifs is 2. The summed E-state index contributed by atoms with van der Waals surface area (Å²) in [6, 6.07) is 8.16. The second-order valence-corrected chi connectivity index (χ2v) is 24.0. The zero-order valence-corrected chi connectivity index (χ0v) is 45.0. The molecule has 416 valence electrons. The number of amides is 2. The monoisotopic (exact) mass is 1130 g/mol. The minimum atomic E-state index is -4.70. The third kappa shape index (κ3) is 17.1. The molecule has 28 heteroatoms. The zero-order valence-electron chi connectivity index (χ0n) is 41.7. The van der Waals surface area contributed by atoms with Gasteiger partial charge in [0.2, 0.25) is 5.69 Å². The number of allylic oxidation sites excluding steroid dienone is 6. The first-order valence-electron chi connectivity index (χ1n) is 23.7. The maximum atomic E-state index is 12.4. The minimum Gasteiger partial charge on any atom is -0.382 e. The average Bonchev–Trinajstić information content (AvgIpc) is 3.84. The molecule has 24 nitrogen and oxygen atoms in total. The van der Waals surface area contributed by atoms with E-state index < -0.39 is 85.5 Å². The lowest BCUT2D eigenvalue weighted by Gasteiger charge is -2.30. The number of methoxy groups -OCH3 is 1. The lowest BCUT2D eigenvalue weighted by atomic mass is 9.76. The molecule has 0 radical (unpaired) electrons. The maximum Gasteiger partial charge on any atom is 0.335 e. The van der Waals surface area contributed by atoms with Crippen molar-refractivity contribution >= 4 is 75.3 Å². The second kappa shape index (κ2) is 26.5. The van der Waals surface area contributed by atoms with E-state index >= 15 is 0 Å². The van der Waals surface area contributed by atoms with Crippen molar-refractivity contribution in [3.63, 3.8) is 0 Å². The van der Waals surface area contributed by atoms with Gasteiger partial charge in [-0.2, -0.15) is 38.2 Å². The number of hydrogen-bond donors (Lipinski definition) is 4. The molecular weight excluding hydrogens is 1070 g/mol. The molecule has 1 saturated heterocycles. The zero-order chi connectivity index (χ0) is 55.2. The first-order valence-corrected chi connectivity index (χ1v) is 29.8. The summed E-state index contributed by atoms with van der Waals surface area (Å²) in [6.45, 7) is 5.37. The first kappa shape index (κ1) is 61.0. The van der Waals surface area contributed by atoms with Gasteiger partial charge in [0, 0.05) is 61.0 Å². The standard InChI is InChI=1S/C47H63N3O21S4/c1-46(18-7-31-72(54,55)56)37-33-35(74(60,61)62)11-13-39(37)48(20-23-68-26-25-66-3)41(46)9-5-4-6-10-42-47(2,19-8-32-73(57,58)59)38-34-36(75(63,64)65)12-14-40(38)49(42)21-24-69-28-30-70-29-27-67-22-17-45(53)71-50-43(51)15-16-44(50)52/h4-6,9-14,33-34H,7-8,15-32H2,1-3H3,(H3-,54,55,56,57,58,59,60,61,62,63,64,65)/p+1. The van der Waals surface area contributed by atoms with Gasteiger partial charge in [-0.3, -0.25) is 27.8 Å². The molecule has 2 unspecified atom stereocenters. The van der Waals surface area contributed by atoms with Crippen molar-refractivity contribution in [2.45, 2.75) is 79.4 Å². The average molecular weight is 1140 g/mol. The first-order chi connectivity index (χ1) is 35.2. The summed E-state index contributed by atoms with van der Waals surface area (Å²) in [5, 5.41) is 0.458. The summed E-state index contributed by atoms with van der Waals surface area (Å²) in [6.07, 6.45) is 8.38. The highest BCUT2D eigenvalue weighted by molar-refractivity contribution is 7.86. The summed E-state index contributed by atoms with van der Waals surface area (Å²) >= 11 is 0. The van der Waals surface area contributed by atoms with Crippen molar-refractivity contribution in [1.29, 1.82) is 0 Å². The Morgan fingerprint density at radius 1 is 0.667 bits per heavy atom. The van der Waals surface area contributed by atoms with Gasteiger partial charge in [-0.25, -0.2) is 4.79 Å². The van der Waals surface area contributed by atoms with Gasteiger partial charge >= 0.3 is 5.97 Å². The third-order valence-electron chi connectivity index (χ3n) is 12.6. The lowest BCUT2D eigenvalue weighted by molar-refractivity contribution is -0.442. The fourth-order valence-electron chi connectivity index (χ4n) is 9.02. The number of ether oxygens (including phenoxy) is 5. The molecule has 0 spiro atoms. The molecule has 1 fully saturated rings. The molecule has 5 rings (SSSR count). The Morgan fingerprint density at radius 3 is 1.79 bits per heavy atom. The molecule has 2 amide bonds. The molecule has 4 N–H and O–H groups in total. The highest BCUT2D eigenvalue weighted by Gasteiger charge is 2.48. The van der Waals surface area contributed by atoms with Crippen LogP contribution in [0.4, 0.5) is 11.4 Å². The summed E-state index contributed by atoms with van der Waals surface area (Å²) in [4.78, 5) is 41.1. The number of carbonyl (C=O) groups excluding carboxylic acids is 3. The summed E-state index contributed by atoms with van der Waals surface area (Å²) < 4.78 is 166. The molecule has 2 aromatic carbocycles. The molecule has 0 saturated carbocycles. The quantitative estimate of drug-likeness (QED) is 0.0268. The van der Waals surface area contributed by atoms with Crippen molar-refractivity contribution in [3.05, 3.63) is 83.6 Å². The molecular formula is C47H64N3O21S4+. The van der Waals surface area contributed by atoms with Crippen molar-refractivity contribution in [2.75, 3.05) is 96.1 Å². The highest BCUT2D eigenvalue weighted by Crippen LogP contribution is 2.51.